The molecule has 0 bridgehead atoms. The first-order valence-corrected chi connectivity index (χ1v) is 15.7. The van der Waals surface area contributed by atoms with Crippen LogP contribution in [0.4, 0.5) is 0 Å². The van der Waals surface area contributed by atoms with E-state index >= 15 is 0 Å². The Balaban J connectivity index is 1.45. The zero-order valence-corrected chi connectivity index (χ0v) is 24.2. The van der Waals surface area contributed by atoms with E-state index < -0.39 is 27.2 Å². The van der Waals surface area contributed by atoms with Crippen molar-refractivity contribution in [3.05, 3.63) is 83.7 Å². The largest absolute Gasteiger partial charge is 0.497 e. The Hall–Kier alpha value is -3.41. The summed E-state index contributed by atoms with van der Waals surface area (Å²) in [6, 6.07) is 20.3. The Labute approximate surface area is 238 Å². The highest BCUT2D eigenvalue weighted by atomic mass is 32.2. The standard InChI is InChI=1S/C29H32N4O5S2/c1-4-38-29(34)27-19(2)33(32-31-27)28(40(35,36)25-14-11-21-7-5-6-8-22(21)15-25)26-16-24(17-30-26)39-18-20-9-12-23(37-3)13-10-20/h5-15,24,26,28,30H,4,16-18H2,1-3H3. The summed E-state index contributed by atoms with van der Waals surface area (Å²) in [5.41, 5.74) is 1.54. The highest BCUT2D eigenvalue weighted by molar-refractivity contribution is 7.99. The van der Waals surface area contributed by atoms with Crippen LogP contribution in [0.25, 0.3) is 10.8 Å². The van der Waals surface area contributed by atoms with Crippen molar-refractivity contribution in [2.75, 3.05) is 20.3 Å². The minimum Gasteiger partial charge on any atom is -0.497 e. The molecule has 1 fully saturated rings. The Morgan fingerprint density at radius 3 is 2.60 bits per heavy atom. The lowest BCUT2D eigenvalue weighted by molar-refractivity contribution is 0.0518. The van der Waals surface area contributed by atoms with E-state index in [-0.39, 0.29) is 22.4 Å². The Bertz CT molecular complexity index is 1600. The maximum atomic E-state index is 14.3. The number of thioether (sulfide) groups is 1. The summed E-state index contributed by atoms with van der Waals surface area (Å²) in [6.45, 7) is 4.19. The van der Waals surface area contributed by atoms with Gasteiger partial charge in [0.15, 0.2) is 11.1 Å². The Morgan fingerprint density at radius 2 is 1.88 bits per heavy atom. The number of nitrogens with one attached hydrogen (secondary N) is 1. The lowest BCUT2D eigenvalue weighted by Gasteiger charge is -2.25. The maximum Gasteiger partial charge on any atom is 0.360 e. The van der Waals surface area contributed by atoms with Crippen LogP contribution in [0.15, 0.2) is 71.6 Å². The summed E-state index contributed by atoms with van der Waals surface area (Å²) in [5.74, 6) is 0.976. The summed E-state index contributed by atoms with van der Waals surface area (Å²) in [4.78, 5) is 12.7. The number of methoxy groups -OCH3 is 1. The van der Waals surface area contributed by atoms with Gasteiger partial charge in [0.1, 0.15) is 5.75 Å². The van der Waals surface area contributed by atoms with Gasteiger partial charge < -0.3 is 14.8 Å². The van der Waals surface area contributed by atoms with E-state index in [9.17, 15) is 13.2 Å². The lowest BCUT2D eigenvalue weighted by Crippen LogP contribution is -2.38. The Morgan fingerprint density at radius 1 is 1.12 bits per heavy atom. The second-order valence-electron chi connectivity index (χ2n) is 9.66. The molecule has 0 radical (unpaired) electrons. The van der Waals surface area contributed by atoms with E-state index in [1.165, 1.54) is 10.2 Å². The second kappa shape index (κ2) is 12.0. The monoisotopic (exact) mass is 580 g/mol. The maximum absolute atomic E-state index is 14.3. The van der Waals surface area contributed by atoms with Gasteiger partial charge in [-0.3, -0.25) is 0 Å². The van der Waals surface area contributed by atoms with Crippen molar-refractivity contribution in [1.29, 1.82) is 0 Å². The molecular formula is C29H32N4O5S2. The van der Waals surface area contributed by atoms with Gasteiger partial charge in [-0.25, -0.2) is 17.9 Å². The summed E-state index contributed by atoms with van der Waals surface area (Å²) in [6.07, 6.45) is 0.604. The molecule has 4 aromatic rings. The fraction of sp³-hybridized carbons (Fsp3) is 0.345. The van der Waals surface area contributed by atoms with Crippen LogP contribution >= 0.6 is 11.8 Å². The quantitative estimate of drug-likeness (QED) is 0.270. The fourth-order valence-electron chi connectivity index (χ4n) is 4.99. The van der Waals surface area contributed by atoms with E-state index in [2.05, 4.69) is 15.6 Å². The number of esters is 1. The summed E-state index contributed by atoms with van der Waals surface area (Å²) >= 11 is 1.78. The number of benzene rings is 3. The molecule has 5 rings (SSSR count). The smallest absolute Gasteiger partial charge is 0.360 e. The van der Waals surface area contributed by atoms with Crippen molar-refractivity contribution in [2.45, 2.75) is 47.6 Å². The normalized spacial score (nSPS) is 18.1. The molecule has 9 nitrogen and oxygen atoms in total. The molecule has 0 aliphatic carbocycles. The fourth-order valence-corrected chi connectivity index (χ4v) is 8.09. The average molecular weight is 581 g/mol. The van der Waals surface area contributed by atoms with E-state index in [0.717, 1.165) is 22.3 Å². The van der Waals surface area contributed by atoms with Crippen LogP contribution in [0.5, 0.6) is 5.75 Å². The van der Waals surface area contributed by atoms with Gasteiger partial charge >= 0.3 is 5.97 Å². The van der Waals surface area contributed by atoms with Gasteiger partial charge in [-0.05, 0) is 60.9 Å². The number of ether oxygens (including phenoxy) is 2. The van der Waals surface area contributed by atoms with Gasteiger partial charge in [0.05, 0.1) is 24.3 Å². The third kappa shape index (κ3) is 5.72. The van der Waals surface area contributed by atoms with E-state index in [0.29, 0.717) is 18.7 Å². The summed E-state index contributed by atoms with van der Waals surface area (Å²) < 4.78 is 40.3. The van der Waals surface area contributed by atoms with Gasteiger partial charge in [-0.15, -0.1) is 5.10 Å². The number of nitrogens with zero attached hydrogens (tertiary/aromatic N) is 3. The number of fused-ring (bicyclic) bond motifs is 1. The molecular weight excluding hydrogens is 548 g/mol. The molecule has 11 heteroatoms. The van der Waals surface area contributed by atoms with Crippen LogP contribution in [-0.4, -0.2) is 60.9 Å². The minimum atomic E-state index is -3.95. The zero-order chi connectivity index (χ0) is 28.3. The summed E-state index contributed by atoms with van der Waals surface area (Å²) in [7, 11) is -2.31. The lowest BCUT2D eigenvalue weighted by atomic mass is 10.1. The van der Waals surface area contributed by atoms with E-state index in [4.69, 9.17) is 9.47 Å². The molecule has 3 atom stereocenters. The number of hydrogen-bond donors (Lipinski definition) is 1. The van der Waals surface area contributed by atoms with Crippen LogP contribution in [0.1, 0.15) is 40.5 Å². The van der Waals surface area contributed by atoms with Crippen molar-refractivity contribution in [1.82, 2.24) is 20.3 Å². The van der Waals surface area contributed by atoms with E-state index in [1.54, 1.807) is 44.9 Å². The van der Waals surface area contributed by atoms with Crippen molar-refractivity contribution in [3.8, 4) is 5.75 Å². The molecule has 0 saturated carbocycles. The molecule has 1 saturated heterocycles. The van der Waals surface area contributed by atoms with Gasteiger partial charge in [0, 0.05) is 23.6 Å². The number of rotatable bonds is 10. The molecule has 0 spiro atoms. The average Bonchev–Trinajstić information content (AvgIpc) is 3.59. The van der Waals surface area contributed by atoms with Crippen LogP contribution in [-0.2, 0) is 20.3 Å². The van der Waals surface area contributed by atoms with Gasteiger partial charge in [-0.2, -0.15) is 11.8 Å². The highest BCUT2D eigenvalue weighted by Crippen LogP contribution is 2.36. The van der Waals surface area contributed by atoms with Crippen LogP contribution in [0.2, 0.25) is 0 Å². The molecule has 0 amide bonds. The van der Waals surface area contributed by atoms with Gasteiger partial charge in [-0.1, -0.05) is 47.7 Å². The molecule has 3 aromatic carbocycles. The predicted octanol–water partition coefficient (Wildman–Crippen LogP) is 4.56. The first kappa shape index (κ1) is 28.1. The third-order valence-electron chi connectivity index (χ3n) is 7.12. The Kier molecular flexibility index (Phi) is 8.43. The van der Waals surface area contributed by atoms with E-state index in [1.807, 2.05) is 54.6 Å². The van der Waals surface area contributed by atoms with Crippen molar-refractivity contribution >= 4 is 38.3 Å². The van der Waals surface area contributed by atoms with Crippen molar-refractivity contribution in [3.63, 3.8) is 0 Å². The number of sulfone groups is 1. The predicted molar refractivity (Wildman–Crippen MR) is 155 cm³/mol. The molecule has 210 valence electrons. The van der Waals surface area contributed by atoms with Crippen LogP contribution < -0.4 is 10.1 Å². The molecule has 1 aliphatic rings. The topological polar surface area (TPSA) is 112 Å². The molecule has 1 aromatic heterocycles. The van der Waals surface area contributed by atoms with Gasteiger partial charge in [0.25, 0.3) is 0 Å². The number of aromatic nitrogens is 3. The van der Waals surface area contributed by atoms with Gasteiger partial charge in [0.2, 0.25) is 9.84 Å². The molecule has 1 N–H and O–H groups in total. The molecule has 3 unspecified atom stereocenters. The number of hydrogen-bond acceptors (Lipinski definition) is 9. The highest BCUT2D eigenvalue weighted by Gasteiger charge is 2.42. The number of carbonyl (C=O) groups is 1. The third-order valence-corrected chi connectivity index (χ3v) is 10.5. The zero-order valence-electron chi connectivity index (χ0n) is 22.6. The summed E-state index contributed by atoms with van der Waals surface area (Å²) in [5, 5.41) is 12.5. The molecule has 1 aliphatic heterocycles. The van der Waals surface area contributed by atoms with Crippen molar-refractivity contribution < 1.29 is 22.7 Å². The van der Waals surface area contributed by atoms with Crippen LogP contribution in [0, 0.1) is 6.92 Å². The second-order valence-corrected chi connectivity index (χ2v) is 13.0. The number of carbonyl (C=O) groups excluding carboxylic acids is 1. The molecule has 2 heterocycles. The van der Waals surface area contributed by atoms with Crippen LogP contribution in [0.3, 0.4) is 0 Å². The first-order chi connectivity index (χ1) is 19.3. The first-order valence-electron chi connectivity index (χ1n) is 13.1. The molecule has 40 heavy (non-hydrogen) atoms. The minimum absolute atomic E-state index is 0.0176. The van der Waals surface area contributed by atoms with Crippen molar-refractivity contribution in [2.24, 2.45) is 0 Å². The SMILES string of the molecule is CCOC(=O)c1nnn(C(C2CC(SCc3ccc(OC)cc3)CN2)S(=O)(=O)c2ccc3ccccc3c2)c1C.